The highest BCUT2D eigenvalue weighted by molar-refractivity contribution is 6.06. The van der Waals surface area contributed by atoms with E-state index < -0.39 is 0 Å². The van der Waals surface area contributed by atoms with E-state index in [1.807, 2.05) is 42.4 Å². The minimum Gasteiger partial charge on any atom is -0.351 e. The molecule has 3 nitrogen and oxygen atoms in total. The highest BCUT2D eigenvalue weighted by atomic mass is 16.2. The molecule has 2 heterocycles. The van der Waals surface area contributed by atoms with Gasteiger partial charge in [0.15, 0.2) is 0 Å². The maximum atomic E-state index is 12.9. The number of carbonyl (C=O) groups is 1. The first-order chi connectivity index (χ1) is 10.7. The third-order valence-electron chi connectivity index (χ3n) is 4.58. The summed E-state index contributed by atoms with van der Waals surface area (Å²) in [6.07, 6.45) is 2.94. The summed E-state index contributed by atoms with van der Waals surface area (Å²) in [5.41, 5.74) is 4.53. The number of rotatable bonds is 1. The Bertz CT molecular complexity index is 863. The van der Waals surface area contributed by atoms with E-state index in [0.29, 0.717) is 6.54 Å². The van der Waals surface area contributed by atoms with Gasteiger partial charge in [-0.3, -0.25) is 4.79 Å². The number of amides is 1. The SMILES string of the molecule is Cn1ccc2c(C(=O)N3CCc4ccccc4C3)cccc21. The molecule has 1 aliphatic rings. The molecule has 0 saturated carbocycles. The van der Waals surface area contributed by atoms with Gasteiger partial charge in [0, 0.05) is 42.8 Å². The molecule has 0 radical (unpaired) electrons. The van der Waals surface area contributed by atoms with Crippen LogP contribution >= 0.6 is 0 Å². The Morgan fingerprint density at radius 3 is 2.68 bits per heavy atom. The van der Waals surface area contributed by atoms with Crippen molar-refractivity contribution in [3.63, 3.8) is 0 Å². The molecule has 1 aliphatic heterocycles. The zero-order chi connectivity index (χ0) is 15.1. The van der Waals surface area contributed by atoms with Crippen molar-refractivity contribution in [1.29, 1.82) is 0 Å². The van der Waals surface area contributed by atoms with Crippen molar-refractivity contribution in [3.05, 3.63) is 71.4 Å². The molecular weight excluding hydrogens is 272 g/mol. The van der Waals surface area contributed by atoms with Crippen molar-refractivity contribution in [2.75, 3.05) is 6.54 Å². The van der Waals surface area contributed by atoms with Crippen LogP contribution in [0.3, 0.4) is 0 Å². The molecule has 0 spiro atoms. The van der Waals surface area contributed by atoms with Gasteiger partial charge < -0.3 is 9.47 Å². The van der Waals surface area contributed by atoms with Crippen molar-refractivity contribution in [2.24, 2.45) is 7.05 Å². The summed E-state index contributed by atoms with van der Waals surface area (Å²) in [5.74, 6) is 0.131. The fraction of sp³-hybridized carbons (Fsp3) is 0.211. The van der Waals surface area contributed by atoms with E-state index in [2.05, 4.69) is 28.8 Å². The Kier molecular flexibility index (Phi) is 3.00. The van der Waals surface area contributed by atoms with E-state index in [-0.39, 0.29) is 5.91 Å². The van der Waals surface area contributed by atoms with Gasteiger partial charge in [0.25, 0.3) is 5.91 Å². The first-order valence-electron chi connectivity index (χ1n) is 7.64. The molecule has 1 aromatic heterocycles. The standard InChI is InChI=1S/C19H18N2O/c1-20-11-10-16-17(7-4-8-18(16)20)19(22)21-12-9-14-5-2-3-6-15(14)13-21/h2-8,10-11H,9,12-13H2,1H3. The van der Waals surface area contributed by atoms with Crippen LogP contribution < -0.4 is 0 Å². The molecule has 0 N–H and O–H groups in total. The molecule has 0 bridgehead atoms. The lowest BCUT2D eigenvalue weighted by molar-refractivity contribution is 0.0737. The Morgan fingerprint density at radius 2 is 1.82 bits per heavy atom. The van der Waals surface area contributed by atoms with Gasteiger partial charge in [0.1, 0.15) is 0 Å². The van der Waals surface area contributed by atoms with Gasteiger partial charge >= 0.3 is 0 Å². The molecule has 3 aromatic rings. The van der Waals surface area contributed by atoms with Crippen LogP contribution in [-0.4, -0.2) is 21.9 Å². The van der Waals surface area contributed by atoms with Crippen LogP contribution in [0.5, 0.6) is 0 Å². The number of aryl methyl sites for hydroxylation is 1. The summed E-state index contributed by atoms with van der Waals surface area (Å²) in [5, 5.41) is 1.04. The third-order valence-corrected chi connectivity index (χ3v) is 4.58. The number of hydrogen-bond acceptors (Lipinski definition) is 1. The lowest BCUT2D eigenvalue weighted by Gasteiger charge is -2.29. The van der Waals surface area contributed by atoms with E-state index in [1.165, 1.54) is 11.1 Å². The first-order valence-corrected chi connectivity index (χ1v) is 7.64. The molecule has 0 unspecified atom stereocenters. The predicted octanol–water partition coefficient (Wildman–Crippen LogP) is 3.38. The van der Waals surface area contributed by atoms with Crippen LogP contribution in [0.2, 0.25) is 0 Å². The number of carbonyl (C=O) groups excluding carboxylic acids is 1. The van der Waals surface area contributed by atoms with Crippen LogP contribution in [0, 0.1) is 0 Å². The van der Waals surface area contributed by atoms with E-state index in [1.54, 1.807) is 0 Å². The summed E-state index contributed by atoms with van der Waals surface area (Å²) < 4.78 is 2.05. The molecule has 2 aromatic carbocycles. The number of nitrogens with zero attached hydrogens (tertiary/aromatic N) is 2. The minimum absolute atomic E-state index is 0.131. The van der Waals surface area contributed by atoms with E-state index in [9.17, 15) is 4.79 Å². The van der Waals surface area contributed by atoms with Crippen LogP contribution in [0.25, 0.3) is 10.9 Å². The molecule has 22 heavy (non-hydrogen) atoms. The fourth-order valence-corrected chi connectivity index (χ4v) is 3.33. The zero-order valence-corrected chi connectivity index (χ0v) is 12.6. The average Bonchev–Trinajstić information content (AvgIpc) is 2.95. The van der Waals surface area contributed by atoms with E-state index in [4.69, 9.17) is 0 Å². The lowest BCUT2D eigenvalue weighted by Crippen LogP contribution is -2.36. The molecule has 0 atom stereocenters. The van der Waals surface area contributed by atoms with Crippen molar-refractivity contribution >= 4 is 16.8 Å². The Labute approximate surface area is 129 Å². The topological polar surface area (TPSA) is 25.2 Å². The quantitative estimate of drug-likeness (QED) is 0.674. The molecule has 0 aliphatic carbocycles. The van der Waals surface area contributed by atoms with Crippen molar-refractivity contribution in [2.45, 2.75) is 13.0 Å². The van der Waals surface area contributed by atoms with Gasteiger partial charge in [0.2, 0.25) is 0 Å². The second-order valence-corrected chi connectivity index (χ2v) is 5.91. The normalized spacial score (nSPS) is 14.1. The monoisotopic (exact) mass is 290 g/mol. The second kappa shape index (κ2) is 5.02. The van der Waals surface area contributed by atoms with Crippen LogP contribution in [0.15, 0.2) is 54.7 Å². The number of fused-ring (bicyclic) bond motifs is 2. The largest absolute Gasteiger partial charge is 0.351 e. The Hall–Kier alpha value is -2.55. The molecular formula is C19H18N2O. The smallest absolute Gasteiger partial charge is 0.254 e. The lowest BCUT2D eigenvalue weighted by atomic mass is 9.99. The van der Waals surface area contributed by atoms with Crippen LogP contribution in [0.1, 0.15) is 21.5 Å². The average molecular weight is 290 g/mol. The molecule has 3 heteroatoms. The molecule has 110 valence electrons. The van der Waals surface area contributed by atoms with E-state index in [0.717, 1.165) is 29.4 Å². The highest BCUT2D eigenvalue weighted by Crippen LogP contribution is 2.24. The van der Waals surface area contributed by atoms with Crippen LogP contribution in [-0.2, 0) is 20.0 Å². The summed E-state index contributed by atoms with van der Waals surface area (Å²) in [7, 11) is 2.01. The van der Waals surface area contributed by atoms with Gasteiger partial charge in [-0.25, -0.2) is 0 Å². The molecule has 0 saturated heterocycles. The second-order valence-electron chi connectivity index (χ2n) is 5.91. The first kappa shape index (κ1) is 13.1. The summed E-state index contributed by atoms with van der Waals surface area (Å²) >= 11 is 0. The van der Waals surface area contributed by atoms with Gasteiger partial charge in [-0.15, -0.1) is 0 Å². The molecule has 4 rings (SSSR count). The minimum atomic E-state index is 0.131. The van der Waals surface area contributed by atoms with Gasteiger partial charge in [-0.2, -0.15) is 0 Å². The Balaban J connectivity index is 1.70. The zero-order valence-electron chi connectivity index (χ0n) is 12.6. The number of hydrogen-bond donors (Lipinski definition) is 0. The molecule has 1 amide bonds. The number of aromatic nitrogens is 1. The van der Waals surface area contributed by atoms with E-state index >= 15 is 0 Å². The molecule has 0 fully saturated rings. The van der Waals surface area contributed by atoms with Gasteiger partial charge in [-0.05, 0) is 35.7 Å². The Morgan fingerprint density at radius 1 is 1.00 bits per heavy atom. The van der Waals surface area contributed by atoms with Gasteiger partial charge in [-0.1, -0.05) is 30.3 Å². The van der Waals surface area contributed by atoms with Gasteiger partial charge in [0.05, 0.1) is 0 Å². The maximum Gasteiger partial charge on any atom is 0.254 e. The summed E-state index contributed by atoms with van der Waals surface area (Å²) in [4.78, 5) is 14.9. The fourth-order valence-electron chi connectivity index (χ4n) is 3.33. The predicted molar refractivity (Wildman–Crippen MR) is 87.8 cm³/mol. The van der Waals surface area contributed by atoms with Crippen LogP contribution in [0.4, 0.5) is 0 Å². The summed E-state index contributed by atoms with van der Waals surface area (Å²) in [6, 6.07) is 16.4. The summed E-state index contributed by atoms with van der Waals surface area (Å²) in [6.45, 7) is 1.50. The van der Waals surface area contributed by atoms with Crippen molar-refractivity contribution in [3.8, 4) is 0 Å². The number of benzene rings is 2. The maximum absolute atomic E-state index is 12.9. The third kappa shape index (κ3) is 2.01. The highest BCUT2D eigenvalue weighted by Gasteiger charge is 2.23. The van der Waals surface area contributed by atoms with Crippen molar-refractivity contribution < 1.29 is 4.79 Å². The van der Waals surface area contributed by atoms with Crippen molar-refractivity contribution in [1.82, 2.24) is 9.47 Å².